The van der Waals surface area contributed by atoms with Gasteiger partial charge >= 0.3 is 0 Å². The molecule has 0 aromatic heterocycles. The first-order valence-electron chi connectivity index (χ1n) is 7.27. The van der Waals surface area contributed by atoms with Crippen LogP contribution >= 0.6 is 0 Å². The molecule has 0 N–H and O–H groups in total. The third-order valence-electron chi connectivity index (χ3n) is 3.73. The van der Waals surface area contributed by atoms with Crippen LogP contribution < -0.4 is 4.74 Å². The van der Waals surface area contributed by atoms with Crippen LogP contribution in [0.1, 0.15) is 18.4 Å². The highest BCUT2D eigenvalue weighted by Gasteiger charge is 2.31. The van der Waals surface area contributed by atoms with Gasteiger partial charge in [0.1, 0.15) is 11.9 Å². The molecule has 0 aliphatic heterocycles. The molecule has 5 nitrogen and oxygen atoms in total. The predicted octanol–water partition coefficient (Wildman–Crippen LogP) is 3.72. The van der Waals surface area contributed by atoms with Crippen molar-refractivity contribution >= 4 is 5.69 Å². The second kappa shape index (κ2) is 6.58. The molecule has 1 aliphatic rings. The molecule has 0 saturated heterocycles. The first-order valence-corrected chi connectivity index (χ1v) is 7.27. The Labute approximate surface area is 128 Å². The van der Waals surface area contributed by atoms with Gasteiger partial charge in [-0.3, -0.25) is 10.1 Å². The van der Waals surface area contributed by atoms with E-state index < -0.39 is 4.92 Å². The van der Waals surface area contributed by atoms with Crippen LogP contribution in [0.2, 0.25) is 0 Å². The lowest BCUT2D eigenvalue weighted by Crippen LogP contribution is -2.39. The molecule has 1 aliphatic carbocycles. The van der Waals surface area contributed by atoms with E-state index in [2.05, 4.69) is 0 Å². The first-order chi connectivity index (χ1) is 10.7. The van der Waals surface area contributed by atoms with Crippen molar-refractivity contribution in [2.75, 3.05) is 0 Å². The average Bonchev–Trinajstić information content (AvgIpc) is 2.51. The number of benzene rings is 2. The summed E-state index contributed by atoms with van der Waals surface area (Å²) in [7, 11) is 0. The molecule has 5 heteroatoms. The number of nitro groups is 1. The molecular weight excluding hydrogens is 282 g/mol. The minimum atomic E-state index is -0.416. The minimum absolute atomic E-state index is 0.0741. The molecule has 0 heterocycles. The molecule has 0 unspecified atom stereocenters. The maximum Gasteiger partial charge on any atom is 0.269 e. The average molecular weight is 299 g/mol. The van der Waals surface area contributed by atoms with E-state index in [-0.39, 0.29) is 17.9 Å². The Balaban J connectivity index is 1.41. The lowest BCUT2D eigenvalue weighted by molar-refractivity contribution is -0.384. The highest BCUT2D eigenvalue weighted by molar-refractivity contribution is 5.36. The molecule has 0 radical (unpaired) electrons. The van der Waals surface area contributed by atoms with Gasteiger partial charge in [0.2, 0.25) is 0 Å². The molecule has 0 bridgehead atoms. The van der Waals surface area contributed by atoms with Crippen molar-refractivity contribution in [1.82, 2.24) is 0 Å². The second-order valence-electron chi connectivity index (χ2n) is 5.38. The summed E-state index contributed by atoms with van der Waals surface area (Å²) in [6.45, 7) is 0.621. The Bertz CT molecular complexity index is 621. The van der Waals surface area contributed by atoms with E-state index in [1.165, 1.54) is 17.7 Å². The van der Waals surface area contributed by atoms with Crippen molar-refractivity contribution < 1.29 is 14.4 Å². The molecule has 2 aromatic carbocycles. The number of nitro benzene ring substituents is 1. The lowest BCUT2D eigenvalue weighted by Gasteiger charge is -2.35. The Morgan fingerprint density at radius 3 is 2.32 bits per heavy atom. The van der Waals surface area contributed by atoms with Gasteiger partial charge in [-0.2, -0.15) is 0 Å². The zero-order valence-electron chi connectivity index (χ0n) is 12.1. The smallest absolute Gasteiger partial charge is 0.269 e. The molecular formula is C17H17NO4. The summed E-state index contributed by atoms with van der Waals surface area (Å²) >= 11 is 0. The molecule has 1 saturated carbocycles. The van der Waals surface area contributed by atoms with Crippen molar-refractivity contribution in [2.24, 2.45) is 0 Å². The first kappa shape index (κ1) is 14.5. The van der Waals surface area contributed by atoms with Gasteiger partial charge in [0.25, 0.3) is 5.69 Å². The van der Waals surface area contributed by atoms with E-state index in [0.717, 1.165) is 12.8 Å². The number of non-ortho nitro benzene ring substituents is 1. The second-order valence-corrected chi connectivity index (χ2v) is 5.38. The van der Waals surface area contributed by atoms with Crippen LogP contribution in [0.5, 0.6) is 5.75 Å². The standard InChI is InChI=1S/C17H17NO4/c19-18(20)14-6-8-15(9-7-14)22-17-10-16(11-17)21-12-13-4-2-1-3-5-13/h1-9,16-17H,10-12H2. The summed E-state index contributed by atoms with van der Waals surface area (Å²) < 4.78 is 11.6. The Kier molecular flexibility index (Phi) is 4.34. The summed E-state index contributed by atoms with van der Waals surface area (Å²) in [6, 6.07) is 16.3. The lowest BCUT2D eigenvalue weighted by atomic mass is 9.92. The zero-order chi connectivity index (χ0) is 15.4. The van der Waals surface area contributed by atoms with Crippen molar-refractivity contribution in [3.63, 3.8) is 0 Å². The minimum Gasteiger partial charge on any atom is -0.490 e. The van der Waals surface area contributed by atoms with E-state index in [1.807, 2.05) is 30.3 Å². The van der Waals surface area contributed by atoms with Gasteiger partial charge in [0, 0.05) is 25.0 Å². The third kappa shape index (κ3) is 3.62. The molecule has 114 valence electrons. The summed E-state index contributed by atoms with van der Waals surface area (Å²) in [4.78, 5) is 10.2. The summed E-state index contributed by atoms with van der Waals surface area (Å²) in [5, 5.41) is 10.6. The molecule has 2 aromatic rings. The van der Waals surface area contributed by atoms with Gasteiger partial charge in [-0.05, 0) is 17.7 Å². The molecule has 1 fully saturated rings. The highest BCUT2D eigenvalue weighted by atomic mass is 16.6. The van der Waals surface area contributed by atoms with Crippen LogP contribution in [0.4, 0.5) is 5.69 Å². The fourth-order valence-electron chi connectivity index (χ4n) is 2.38. The fraction of sp³-hybridized carbons (Fsp3) is 0.294. The van der Waals surface area contributed by atoms with Crippen LogP contribution in [0.25, 0.3) is 0 Å². The van der Waals surface area contributed by atoms with Crippen LogP contribution in [-0.2, 0) is 11.3 Å². The highest BCUT2D eigenvalue weighted by Crippen LogP contribution is 2.29. The molecule has 0 atom stereocenters. The number of hydrogen-bond acceptors (Lipinski definition) is 4. The fourth-order valence-corrected chi connectivity index (χ4v) is 2.38. The van der Waals surface area contributed by atoms with Gasteiger partial charge in [0.05, 0.1) is 17.6 Å². The summed E-state index contributed by atoms with van der Waals surface area (Å²) in [6.07, 6.45) is 2.05. The van der Waals surface area contributed by atoms with Crippen LogP contribution in [-0.4, -0.2) is 17.1 Å². The van der Waals surface area contributed by atoms with Crippen molar-refractivity contribution in [1.29, 1.82) is 0 Å². The molecule has 0 spiro atoms. The SMILES string of the molecule is O=[N+]([O-])c1ccc(OC2CC(OCc3ccccc3)C2)cc1. The van der Waals surface area contributed by atoms with Gasteiger partial charge in [0.15, 0.2) is 0 Å². The number of hydrogen-bond donors (Lipinski definition) is 0. The maximum atomic E-state index is 10.6. The van der Waals surface area contributed by atoms with E-state index in [9.17, 15) is 10.1 Å². The van der Waals surface area contributed by atoms with Crippen molar-refractivity contribution in [3.05, 3.63) is 70.3 Å². The zero-order valence-corrected chi connectivity index (χ0v) is 12.1. The summed E-state index contributed by atoms with van der Waals surface area (Å²) in [5.41, 5.74) is 1.24. The largest absolute Gasteiger partial charge is 0.490 e. The monoisotopic (exact) mass is 299 g/mol. The third-order valence-corrected chi connectivity index (χ3v) is 3.73. The Hall–Kier alpha value is -2.40. The van der Waals surface area contributed by atoms with Crippen LogP contribution in [0.3, 0.4) is 0 Å². The van der Waals surface area contributed by atoms with Crippen LogP contribution in [0, 0.1) is 10.1 Å². The topological polar surface area (TPSA) is 61.6 Å². The Morgan fingerprint density at radius 2 is 1.68 bits per heavy atom. The van der Waals surface area contributed by atoms with E-state index >= 15 is 0 Å². The van der Waals surface area contributed by atoms with E-state index in [0.29, 0.717) is 12.4 Å². The van der Waals surface area contributed by atoms with E-state index in [4.69, 9.17) is 9.47 Å². The van der Waals surface area contributed by atoms with Gasteiger partial charge < -0.3 is 9.47 Å². The summed E-state index contributed by atoms with van der Waals surface area (Å²) in [5.74, 6) is 0.664. The van der Waals surface area contributed by atoms with Gasteiger partial charge in [-0.15, -0.1) is 0 Å². The Morgan fingerprint density at radius 1 is 1.00 bits per heavy atom. The predicted molar refractivity (Wildman–Crippen MR) is 81.8 cm³/mol. The maximum absolute atomic E-state index is 10.6. The van der Waals surface area contributed by atoms with Crippen LogP contribution in [0.15, 0.2) is 54.6 Å². The van der Waals surface area contributed by atoms with Gasteiger partial charge in [-0.1, -0.05) is 30.3 Å². The number of rotatable bonds is 6. The number of nitrogens with zero attached hydrogens (tertiary/aromatic N) is 1. The molecule has 3 rings (SSSR count). The van der Waals surface area contributed by atoms with Crippen molar-refractivity contribution in [3.8, 4) is 5.75 Å². The molecule has 0 amide bonds. The normalized spacial score (nSPS) is 20.2. The quantitative estimate of drug-likeness (QED) is 0.602. The van der Waals surface area contributed by atoms with Crippen molar-refractivity contribution in [2.45, 2.75) is 31.7 Å². The molecule has 22 heavy (non-hydrogen) atoms. The van der Waals surface area contributed by atoms with E-state index in [1.54, 1.807) is 12.1 Å². The number of ether oxygens (including phenoxy) is 2. The van der Waals surface area contributed by atoms with Gasteiger partial charge in [-0.25, -0.2) is 0 Å².